The average molecular weight is 497 g/mol. The van der Waals surface area contributed by atoms with Crippen molar-refractivity contribution in [1.29, 1.82) is 0 Å². The Balaban J connectivity index is 1.19. The first-order valence-corrected chi connectivity index (χ1v) is 12.4. The van der Waals surface area contributed by atoms with Crippen LogP contribution in [0.1, 0.15) is 27.3 Å². The normalized spacial score (nSPS) is 10.9. The Kier molecular flexibility index (Phi) is 7.14. The predicted octanol–water partition coefficient (Wildman–Crippen LogP) is 5.40. The molecule has 2 aromatic heterocycles. The van der Waals surface area contributed by atoms with Crippen molar-refractivity contribution in [2.45, 2.75) is 19.4 Å². The van der Waals surface area contributed by atoms with Gasteiger partial charge in [-0.25, -0.2) is 9.97 Å². The van der Waals surface area contributed by atoms with E-state index in [1.54, 1.807) is 35.7 Å². The minimum atomic E-state index is -0.279. The van der Waals surface area contributed by atoms with Crippen molar-refractivity contribution >= 4 is 27.5 Å². The van der Waals surface area contributed by atoms with Crippen LogP contribution in [0.25, 0.3) is 21.5 Å². The number of carbonyl (C=O) groups excluding carboxylic acids is 1. The Labute approximate surface area is 212 Å². The molecule has 36 heavy (non-hydrogen) atoms. The lowest BCUT2D eigenvalue weighted by Crippen LogP contribution is -2.24. The van der Waals surface area contributed by atoms with Crippen LogP contribution in [0.15, 0.2) is 85.1 Å². The molecule has 1 amide bonds. The van der Waals surface area contributed by atoms with Crippen molar-refractivity contribution in [3.63, 3.8) is 0 Å². The molecule has 0 radical (unpaired) electrons. The molecule has 0 fully saturated rings. The summed E-state index contributed by atoms with van der Waals surface area (Å²) in [6, 6.07) is 24.7. The van der Waals surface area contributed by atoms with Gasteiger partial charge >= 0.3 is 6.01 Å². The molecular weight excluding hydrogens is 472 g/mol. The molecule has 0 saturated carbocycles. The topological polar surface area (TPSA) is 97.2 Å². The van der Waals surface area contributed by atoms with Gasteiger partial charge in [-0.1, -0.05) is 48.5 Å². The number of fused-ring (bicyclic) bond motifs is 1. The molecule has 180 valence electrons. The summed E-state index contributed by atoms with van der Waals surface area (Å²) < 4.78 is 6.85. The van der Waals surface area contributed by atoms with Crippen molar-refractivity contribution < 1.29 is 14.6 Å². The number of carbonyl (C=O) groups is 1. The summed E-state index contributed by atoms with van der Waals surface area (Å²) in [5.41, 5.74) is 4.04. The number of nitrogens with zero attached hydrogens (tertiary/aromatic N) is 3. The molecule has 2 N–H and O–H groups in total. The number of amides is 1. The molecule has 3 aromatic carbocycles. The second-order valence-corrected chi connectivity index (χ2v) is 9.28. The van der Waals surface area contributed by atoms with Crippen LogP contribution in [-0.2, 0) is 13.0 Å². The van der Waals surface area contributed by atoms with Gasteiger partial charge in [0.2, 0.25) is 0 Å². The number of ether oxygens (including phenoxy) is 1. The van der Waals surface area contributed by atoms with Crippen molar-refractivity contribution in [2.24, 2.45) is 0 Å². The lowest BCUT2D eigenvalue weighted by molar-refractivity contribution is 0.0950. The van der Waals surface area contributed by atoms with Crippen molar-refractivity contribution in [2.75, 3.05) is 6.54 Å². The summed E-state index contributed by atoms with van der Waals surface area (Å²) in [4.78, 5) is 25.8. The third kappa shape index (κ3) is 5.67. The van der Waals surface area contributed by atoms with E-state index in [-0.39, 0.29) is 17.2 Å². The highest BCUT2D eigenvalue weighted by Crippen LogP contribution is 2.28. The van der Waals surface area contributed by atoms with Gasteiger partial charge in [-0.3, -0.25) is 4.79 Å². The van der Waals surface area contributed by atoms with Crippen molar-refractivity contribution in [3.05, 3.63) is 101 Å². The maximum atomic E-state index is 12.2. The van der Waals surface area contributed by atoms with Crippen LogP contribution in [0.3, 0.4) is 0 Å². The van der Waals surface area contributed by atoms with Crippen LogP contribution in [0, 0.1) is 0 Å². The highest BCUT2D eigenvalue weighted by molar-refractivity contribution is 7.18. The fraction of sp³-hybridized carbons (Fsp3) is 0.143. The van der Waals surface area contributed by atoms with Crippen LogP contribution < -0.4 is 10.1 Å². The summed E-state index contributed by atoms with van der Waals surface area (Å²) in [5, 5.41) is 13.7. The summed E-state index contributed by atoms with van der Waals surface area (Å²) in [6.45, 7) is 0.912. The summed E-state index contributed by atoms with van der Waals surface area (Å²) >= 11 is 1.64. The van der Waals surface area contributed by atoms with Crippen LogP contribution in [0.4, 0.5) is 0 Å². The van der Waals surface area contributed by atoms with E-state index in [2.05, 4.69) is 21.4 Å². The molecule has 5 rings (SSSR count). The number of para-hydroxylation sites is 1. The number of aromatic nitrogens is 3. The molecule has 0 saturated heterocycles. The van der Waals surface area contributed by atoms with E-state index in [1.807, 2.05) is 48.5 Å². The lowest BCUT2D eigenvalue weighted by atomic mass is 10.1. The van der Waals surface area contributed by atoms with E-state index >= 15 is 0 Å². The van der Waals surface area contributed by atoms with Crippen molar-refractivity contribution in [1.82, 2.24) is 20.3 Å². The van der Waals surface area contributed by atoms with Gasteiger partial charge in [0, 0.05) is 24.7 Å². The number of benzene rings is 3. The maximum absolute atomic E-state index is 12.2. The number of phenols is 1. The van der Waals surface area contributed by atoms with E-state index in [0.29, 0.717) is 19.2 Å². The molecule has 0 bridgehead atoms. The molecular formula is C28H24N4O3S. The minimum absolute atomic E-state index is 0.0180. The second kappa shape index (κ2) is 11.0. The van der Waals surface area contributed by atoms with Gasteiger partial charge in [-0.05, 0) is 42.3 Å². The monoisotopic (exact) mass is 496 g/mol. The van der Waals surface area contributed by atoms with E-state index in [1.165, 1.54) is 6.07 Å². The van der Waals surface area contributed by atoms with E-state index in [9.17, 15) is 9.90 Å². The Morgan fingerprint density at radius 3 is 2.67 bits per heavy atom. The zero-order valence-electron chi connectivity index (χ0n) is 19.4. The molecule has 0 unspecified atom stereocenters. The highest BCUT2D eigenvalue weighted by atomic mass is 32.1. The molecule has 5 aromatic rings. The first kappa shape index (κ1) is 23.4. The van der Waals surface area contributed by atoms with Gasteiger partial charge in [0.15, 0.2) is 0 Å². The first-order chi connectivity index (χ1) is 17.7. The van der Waals surface area contributed by atoms with E-state index < -0.39 is 0 Å². The van der Waals surface area contributed by atoms with Crippen LogP contribution in [-0.4, -0.2) is 32.5 Å². The van der Waals surface area contributed by atoms with Crippen LogP contribution >= 0.6 is 11.3 Å². The summed E-state index contributed by atoms with van der Waals surface area (Å²) in [7, 11) is 0. The Bertz CT molecular complexity index is 1490. The zero-order valence-corrected chi connectivity index (χ0v) is 20.2. The van der Waals surface area contributed by atoms with Gasteiger partial charge in [0.05, 0.1) is 26.5 Å². The number of thiazole rings is 1. The Morgan fingerprint density at radius 1 is 0.972 bits per heavy atom. The number of aromatic hydroxyl groups is 1. The molecule has 8 heteroatoms. The van der Waals surface area contributed by atoms with E-state index in [0.717, 1.165) is 44.9 Å². The van der Waals surface area contributed by atoms with Gasteiger partial charge < -0.3 is 15.2 Å². The standard InChI is InChI=1S/C28H24N4O3S/c33-24-10-5-4-9-21(24)27(34)29-15-6-11-26-31-23-13-12-20(17-25(23)36-26)22-14-16-30-28(32-22)35-18-19-7-2-1-3-8-19/h1-5,7-10,12-14,16-17,33H,6,11,15,18H2,(H,29,34). The maximum Gasteiger partial charge on any atom is 0.317 e. The van der Waals surface area contributed by atoms with Crippen LogP contribution in [0.2, 0.25) is 0 Å². The number of hydrogen-bond donors (Lipinski definition) is 2. The smallest absolute Gasteiger partial charge is 0.317 e. The third-order valence-electron chi connectivity index (χ3n) is 5.57. The summed E-state index contributed by atoms with van der Waals surface area (Å²) in [6.07, 6.45) is 3.20. The van der Waals surface area contributed by atoms with Crippen LogP contribution in [0.5, 0.6) is 11.8 Å². The van der Waals surface area contributed by atoms with Gasteiger partial charge in [0.1, 0.15) is 12.4 Å². The van der Waals surface area contributed by atoms with Gasteiger partial charge in [0.25, 0.3) is 5.91 Å². The average Bonchev–Trinajstić information content (AvgIpc) is 3.33. The van der Waals surface area contributed by atoms with E-state index in [4.69, 9.17) is 9.72 Å². The number of nitrogens with one attached hydrogen (secondary N) is 1. The van der Waals surface area contributed by atoms with Gasteiger partial charge in [-0.15, -0.1) is 11.3 Å². The number of aryl methyl sites for hydroxylation is 1. The highest BCUT2D eigenvalue weighted by Gasteiger charge is 2.11. The number of rotatable bonds is 9. The molecule has 0 aliphatic heterocycles. The van der Waals surface area contributed by atoms with Crippen molar-refractivity contribution in [3.8, 4) is 23.0 Å². The quantitative estimate of drug-likeness (QED) is 0.265. The molecule has 7 nitrogen and oxygen atoms in total. The fourth-order valence-electron chi connectivity index (χ4n) is 3.73. The van der Waals surface area contributed by atoms with Gasteiger partial charge in [-0.2, -0.15) is 4.98 Å². The zero-order chi connectivity index (χ0) is 24.7. The largest absolute Gasteiger partial charge is 0.507 e. The molecule has 0 spiro atoms. The predicted molar refractivity (Wildman–Crippen MR) is 140 cm³/mol. The molecule has 2 heterocycles. The number of hydrogen-bond acceptors (Lipinski definition) is 7. The molecule has 0 atom stereocenters. The SMILES string of the molecule is O=C(NCCCc1nc2ccc(-c3ccnc(OCc4ccccc4)n3)cc2s1)c1ccccc1O. The Hall–Kier alpha value is -4.30. The third-order valence-corrected chi connectivity index (χ3v) is 6.65. The summed E-state index contributed by atoms with van der Waals surface area (Å²) in [5.74, 6) is -0.297. The Morgan fingerprint density at radius 2 is 1.81 bits per heavy atom. The minimum Gasteiger partial charge on any atom is -0.507 e. The number of phenolic OH excluding ortho intramolecular Hbond substituents is 1. The fourth-order valence-corrected chi connectivity index (χ4v) is 4.78. The second-order valence-electron chi connectivity index (χ2n) is 8.17. The molecule has 0 aliphatic carbocycles. The lowest BCUT2D eigenvalue weighted by Gasteiger charge is -2.06. The first-order valence-electron chi connectivity index (χ1n) is 11.6. The molecule has 0 aliphatic rings.